The van der Waals surface area contributed by atoms with Crippen LogP contribution in [0.25, 0.3) is 11.3 Å². The molecule has 0 spiro atoms. The molecule has 0 saturated carbocycles. The molecule has 0 aliphatic rings. The highest BCUT2D eigenvalue weighted by atomic mass is 32.1. The lowest BCUT2D eigenvalue weighted by molar-refractivity contribution is 0.324. The second-order valence-corrected chi connectivity index (χ2v) is 6.32. The fraction of sp³-hybridized carbons (Fsp3) is 0.211. The zero-order chi connectivity index (χ0) is 19.4. The average molecular weight is 388 g/mol. The Balaban J connectivity index is 1.87. The number of aromatic nitrogens is 1. The van der Waals surface area contributed by atoms with Crippen LogP contribution in [0.3, 0.4) is 0 Å². The van der Waals surface area contributed by atoms with Gasteiger partial charge in [-0.2, -0.15) is 0 Å². The van der Waals surface area contributed by atoms with Gasteiger partial charge in [0.05, 0.1) is 34.1 Å². The number of benzene rings is 2. The lowest BCUT2D eigenvalue weighted by Crippen LogP contribution is -1.97. The molecule has 8 heteroatoms. The van der Waals surface area contributed by atoms with Crippen molar-refractivity contribution in [2.24, 2.45) is 0 Å². The van der Waals surface area contributed by atoms with E-state index in [0.717, 1.165) is 16.9 Å². The highest BCUT2D eigenvalue weighted by molar-refractivity contribution is 7.14. The van der Waals surface area contributed by atoms with Crippen molar-refractivity contribution >= 4 is 22.2 Å². The number of rotatable bonds is 7. The maximum absolute atomic E-state index is 9.95. The number of nitrogens with zero attached hydrogens (tertiary/aromatic N) is 1. The molecule has 0 unspecified atom stereocenters. The van der Waals surface area contributed by atoms with E-state index in [1.807, 2.05) is 23.6 Å². The molecule has 0 aliphatic heterocycles. The number of aromatic hydroxyl groups is 1. The van der Waals surface area contributed by atoms with E-state index in [0.29, 0.717) is 28.1 Å². The highest BCUT2D eigenvalue weighted by Crippen LogP contribution is 2.41. The number of ether oxygens (including phenoxy) is 4. The summed E-state index contributed by atoms with van der Waals surface area (Å²) in [5, 5.41) is 15.8. The van der Waals surface area contributed by atoms with Gasteiger partial charge in [-0.25, -0.2) is 4.98 Å². The molecule has 27 heavy (non-hydrogen) atoms. The summed E-state index contributed by atoms with van der Waals surface area (Å²) in [6, 6.07) is 8.79. The van der Waals surface area contributed by atoms with E-state index >= 15 is 0 Å². The van der Waals surface area contributed by atoms with Gasteiger partial charge in [0, 0.05) is 28.8 Å². The maximum Gasteiger partial charge on any atom is 0.203 e. The van der Waals surface area contributed by atoms with Crippen molar-refractivity contribution in [1.29, 1.82) is 0 Å². The minimum Gasteiger partial charge on any atom is -0.504 e. The first kappa shape index (κ1) is 18.7. The van der Waals surface area contributed by atoms with Gasteiger partial charge in [0.25, 0.3) is 0 Å². The average Bonchev–Trinajstić information content (AvgIpc) is 3.15. The molecule has 0 amide bonds. The third-order valence-corrected chi connectivity index (χ3v) is 4.65. The number of thiazole rings is 1. The fourth-order valence-corrected chi connectivity index (χ4v) is 3.33. The van der Waals surface area contributed by atoms with Gasteiger partial charge < -0.3 is 29.4 Å². The normalized spacial score (nSPS) is 10.4. The summed E-state index contributed by atoms with van der Waals surface area (Å²) in [6.07, 6.45) is 0. The summed E-state index contributed by atoms with van der Waals surface area (Å²) < 4.78 is 21.1. The molecule has 2 aromatic carbocycles. The van der Waals surface area contributed by atoms with E-state index in [4.69, 9.17) is 18.9 Å². The third kappa shape index (κ3) is 3.85. The predicted octanol–water partition coefficient (Wildman–Crippen LogP) is 4.29. The van der Waals surface area contributed by atoms with Gasteiger partial charge in [-0.05, 0) is 18.2 Å². The summed E-state index contributed by atoms with van der Waals surface area (Å²) in [4.78, 5) is 4.57. The largest absolute Gasteiger partial charge is 0.504 e. The molecule has 3 rings (SSSR count). The molecule has 0 radical (unpaired) electrons. The van der Waals surface area contributed by atoms with Crippen LogP contribution < -0.4 is 24.3 Å². The van der Waals surface area contributed by atoms with Crippen LogP contribution in [0.1, 0.15) is 0 Å². The Kier molecular flexibility index (Phi) is 5.56. The Morgan fingerprint density at radius 3 is 2.11 bits per heavy atom. The number of anilines is 2. The van der Waals surface area contributed by atoms with Crippen LogP contribution in [0.2, 0.25) is 0 Å². The zero-order valence-electron chi connectivity index (χ0n) is 15.4. The third-order valence-electron chi connectivity index (χ3n) is 3.89. The van der Waals surface area contributed by atoms with Crippen LogP contribution >= 0.6 is 11.3 Å². The summed E-state index contributed by atoms with van der Waals surface area (Å²) >= 11 is 1.44. The van der Waals surface area contributed by atoms with Gasteiger partial charge in [0.1, 0.15) is 0 Å². The molecule has 0 atom stereocenters. The molecule has 1 aromatic heterocycles. The van der Waals surface area contributed by atoms with E-state index in [-0.39, 0.29) is 5.75 Å². The number of phenols is 1. The first-order valence-corrected chi connectivity index (χ1v) is 8.87. The van der Waals surface area contributed by atoms with Crippen LogP contribution in [0, 0.1) is 0 Å². The smallest absolute Gasteiger partial charge is 0.203 e. The van der Waals surface area contributed by atoms with Crippen LogP contribution in [-0.4, -0.2) is 38.5 Å². The van der Waals surface area contributed by atoms with E-state index < -0.39 is 0 Å². The molecular formula is C19H20N2O5S. The van der Waals surface area contributed by atoms with Gasteiger partial charge >= 0.3 is 0 Å². The molecule has 3 aromatic rings. The van der Waals surface area contributed by atoms with Crippen LogP contribution in [0.5, 0.6) is 28.7 Å². The molecule has 2 N–H and O–H groups in total. The topological polar surface area (TPSA) is 82.1 Å². The molecule has 1 heterocycles. The molecule has 7 nitrogen and oxygen atoms in total. The second kappa shape index (κ2) is 8.05. The molecule has 142 valence electrons. The van der Waals surface area contributed by atoms with Gasteiger partial charge in [-0.15, -0.1) is 11.3 Å². The minimum atomic E-state index is 0.0714. The first-order valence-electron chi connectivity index (χ1n) is 7.99. The standard InChI is InChI=1S/C19H20N2O5S/c1-23-15-6-5-11(7-14(15)22)13-10-27-19(21-13)20-12-8-16(24-2)18(26-4)17(9-12)25-3/h5-10,22H,1-4H3,(H,20,21). The lowest BCUT2D eigenvalue weighted by Gasteiger charge is -2.14. The van der Waals surface area contributed by atoms with Gasteiger partial charge in [-0.1, -0.05) is 0 Å². The summed E-state index contributed by atoms with van der Waals surface area (Å²) in [5.74, 6) is 2.12. The van der Waals surface area contributed by atoms with E-state index in [2.05, 4.69) is 10.3 Å². The SMILES string of the molecule is COc1ccc(-c2csc(Nc3cc(OC)c(OC)c(OC)c3)n2)cc1O. The molecule has 0 bridgehead atoms. The second-order valence-electron chi connectivity index (χ2n) is 5.46. The van der Waals surface area contributed by atoms with E-state index in [1.165, 1.54) is 18.4 Å². The van der Waals surface area contributed by atoms with Crippen LogP contribution in [0.4, 0.5) is 10.8 Å². The summed E-state index contributed by atoms with van der Waals surface area (Å²) in [6.45, 7) is 0. The Bertz CT molecular complexity index is 917. The Hall–Kier alpha value is -3.13. The predicted molar refractivity (Wildman–Crippen MR) is 105 cm³/mol. The minimum absolute atomic E-state index is 0.0714. The maximum atomic E-state index is 9.95. The van der Waals surface area contributed by atoms with Crippen molar-refractivity contribution in [3.05, 3.63) is 35.7 Å². The van der Waals surface area contributed by atoms with Crippen molar-refractivity contribution in [3.8, 4) is 40.0 Å². The summed E-state index contributed by atoms with van der Waals surface area (Å²) in [7, 11) is 6.21. The van der Waals surface area contributed by atoms with Crippen molar-refractivity contribution in [2.45, 2.75) is 0 Å². The van der Waals surface area contributed by atoms with Gasteiger partial charge in [0.2, 0.25) is 5.75 Å². The number of nitrogens with one attached hydrogen (secondary N) is 1. The van der Waals surface area contributed by atoms with E-state index in [1.54, 1.807) is 33.5 Å². The van der Waals surface area contributed by atoms with Crippen LogP contribution in [-0.2, 0) is 0 Å². The van der Waals surface area contributed by atoms with Gasteiger partial charge in [0.15, 0.2) is 28.1 Å². The zero-order valence-corrected chi connectivity index (χ0v) is 16.2. The molecule has 0 fully saturated rings. The Labute approximate surface area is 161 Å². The molecule has 0 saturated heterocycles. The van der Waals surface area contributed by atoms with Crippen molar-refractivity contribution in [1.82, 2.24) is 4.98 Å². The number of phenolic OH excluding ortho intramolecular Hbond substituents is 1. The summed E-state index contributed by atoms with van der Waals surface area (Å²) in [5.41, 5.74) is 2.29. The highest BCUT2D eigenvalue weighted by Gasteiger charge is 2.14. The Morgan fingerprint density at radius 2 is 1.56 bits per heavy atom. The van der Waals surface area contributed by atoms with E-state index in [9.17, 15) is 5.11 Å². The van der Waals surface area contributed by atoms with Gasteiger partial charge in [-0.3, -0.25) is 0 Å². The quantitative estimate of drug-likeness (QED) is 0.625. The van der Waals surface area contributed by atoms with Crippen LogP contribution in [0.15, 0.2) is 35.7 Å². The van der Waals surface area contributed by atoms with Crippen molar-refractivity contribution in [3.63, 3.8) is 0 Å². The fourth-order valence-electron chi connectivity index (χ4n) is 2.59. The van der Waals surface area contributed by atoms with Crippen molar-refractivity contribution in [2.75, 3.05) is 33.8 Å². The Morgan fingerprint density at radius 1 is 0.889 bits per heavy atom. The molecule has 0 aliphatic carbocycles. The number of hydrogen-bond acceptors (Lipinski definition) is 8. The van der Waals surface area contributed by atoms with Crippen molar-refractivity contribution < 1.29 is 24.1 Å². The number of methoxy groups -OCH3 is 4. The first-order chi connectivity index (χ1) is 13.1. The number of hydrogen-bond donors (Lipinski definition) is 2. The lowest BCUT2D eigenvalue weighted by atomic mass is 10.1. The monoisotopic (exact) mass is 388 g/mol. The molecular weight excluding hydrogens is 368 g/mol.